The summed E-state index contributed by atoms with van der Waals surface area (Å²) in [6, 6.07) is 1.88. The summed E-state index contributed by atoms with van der Waals surface area (Å²) in [5.41, 5.74) is 6.94. The predicted molar refractivity (Wildman–Crippen MR) is 72.5 cm³/mol. The number of carbonyl (C=O) groups is 1. The Morgan fingerprint density at radius 2 is 2.17 bits per heavy atom. The van der Waals surface area contributed by atoms with Crippen LogP contribution in [0.1, 0.15) is 43.7 Å². The third-order valence-electron chi connectivity index (χ3n) is 2.80. The molecule has 0 aromatic carbocycles. The van der Waals surface area contributed by atoms with Crippen LogP contribution in [0, 0.1) is 0 Å². The second kappa shape index (κ2) is 6.44. The Hall–Kier alpha value is -1.49. The van der Waals surface area contributed by atoms with E-state index in [1.807, 2.05) is 25.3 Å². The highest BCUT2D eigenvalue weighted by Crippen LogP contribution is 2.18. The van der Waals surface area contributed by atoms with Crippen molar-refractivity contribution in [3.05, 3.63) is 18.0 Å². The number of carbonyl (C=O) groups excluding carboxylic acids is 1. The number of aromatic nitrogens is 1. The summed E-state index contributed by atoms with van der Waals surface area (Å²) in [4.78, 5) is 14.1. The third kappa shape index (κ3) is 3.26. The Bertz CT molecular complexity index is 393. The van der Waals surface area contributed by atoms with Gasteiger partial charge in [-0.05, 0) is 26.3 Å². The summed E-state index contributed by atoms with van der Waals surface area (Å²) < 4.78 is 1.87. The van der Waals surface area contributed by atoms with Gasteiger partial charge in [0, 0.05) is 25.3 Å². The van der Waals surface area contributed by atoms with E-state index in [-0.39, 0.29) is 18.6 Å². The van der Waals surface area contributed by atoms with Crippen LogP contribution in [0.2, 0.25) is 0 Å². The van der Waals surface area contributed by atoms with Gasteiger partial charge in [0.15, 0.2) is 0 Å². The zero-order chi connectivity index (χ0) is 13.7. The number of rotatable bonds is 6. The van der Waals surface area contributed by atoms with Crippen molar-refractivity contribution in [1.82, 2.24) is 9.47 Å². The molecule has 1 rings (SSSR count). The molecule has 1 heterocycles. The van der Waals surface area contributed by atoms with Gasteiger partial charge in [-0.3, -0.25) is 4.79 Å². The van der Waals surface area contributed by atoms with E-state index in [2.05, 4.69) is 0 Å². The molecule has 0 bridgehead atoms. The molecule has 0 aliphatic rings. The van der Waals surface area contributed by atoms with Gasteiger partial charge in [0.1, 0.15) is 5.69 Å². The van der Waals surface area contributed by atoms with E-state index in [0.717, 1.165) is 6.42 Å². The van der Waals surface area contributed by atoms with Crippen molar-refractivity contribution in [3.63, 3.8) is 0 Å². The van der Waals surface area contributed by atoms with E-state index < -0.39 is 0 Å². The van der Waals surface area contributed by atoms with Gasteiger partial charge < -0.3 is 20.3 Å². The molecule has 0 aliphatic carbocycles. The molecule has 0 saturated heterocycles. The van der Waals surface area contributed by atoms with Crippen molar-refractivity contribution in [2.45, 2.75) is 33.2 Å². The minimum atomic E-state index is -0.0729. The fraction of sp³-hybridized carbons (Fsp3) is 0.615. The lowest BCUT2D eigenvalue weighted by Gasteiger charge is -2.22. The lowest BCUT2D eigenvalue weighted by atomic mass is 10.3. The van der Waals surface area contributed by atoms with Crippen LogP contribution in [0.25, 0.3) is 0 Å². The number of aliphatic hydroxyl groups is 1. The molecule has 0 aliphatic heterocycles. The number of amides is 1. The van der Waals surface area contributed by atoms with Crippen LogP contribution < -0.4 is 5.73 Å². The topological polar surface area (TPSA) is 71.5 Å². The van der Waals surface area contributed by atoms with Gasteiger partial charge in [0.05, 0.1) is 12.3 Å². The first-order valence-electron chi connectivity index (χ1n) is 6.38. The summed E-state index contributed by atoms with van der Waals surface area (Å²) >= 11 is 0. The van der Waals surface area contributed by atoms with E-state index in [1.54, 1.807) is 17.2 Å². The summed E-state index contributed by atoms with van der Waals surface area (Å²) in [7, 11) is 0. The van der Waals surface area contributed by atoms with Crippen molar-refractivity contribution in [2.75, 3.05) is 25.4 Å². The molecule has 3 N–H and O–H groups in total. The van der Waals surface area contributed by atoms with Gasteiger partial charge in [0.25, 0.3) is 5.91 Å². The molecule has 5 heteroatoms. The lowest BCUT2D eigenvalue weighted by Crippen LogP contribution is -2.35. The van der Waals surface area contributed by atoms with Crippen LogP contribution in [0.3, 0.4) is 0 Å². The Labute approximate surface area is 108 Å². The van der Waals surface area contributed by atoms with Crippen LogP contribution >= 0.6 is 0 Å². The van der Waals surface area contributed by atoms with Gasteiger partial charge in [0.2, 0.25) is 0 Å². The van der Waals surface area contributed by atoms with E-state index in [0.29, 0.717) is 24.5 Å². The molecule has 1 aromatic heterocycles. The summed E-state index contributed by atoms with van der Waals surface area (Å²) in [5.74, 6) is -0.0729. The first-order chi connectivity index (χ1) is 8.51. The average Bonchev–Trinajstić information content (AvgIpc) is 2.70. The van der Waals surface area contributed by atoms with Crippen molar-refractivity contribution >= 4 is 11.6 Å². The molecule has 1 aromatic rings. The Balaban J connectivity index is 3.00. The van der Waals surface area contributed by atoms with Gasteiger partial charge in [-0.15, -0.1) is 0 Å². The van der Waals surface area contributed by atoms with Crippen LogP contribution in [-0.4, -0.2) is 40.2 Å². The maximum atomic E-state index is 12.4. The molecule has 0 saturated carbocycles. The minimum absolute atomic E-state index is 0.0242. The van der Waals surface area contributed by atoms with Gasteiger partial charge in [-0.1, -0.05) is 6.92 Å². The van der Waals surface area contributed by atoms with E-state index in [9.17, 15) is 4.79 Å². The largest absolute Gasteiger partial charge is 0.397 e. The average molecular weight is 253 g/mol. The standard InChI is InChI=1S/C13H23N3O2/c1-4-5-15(6-7-17)13(18)12-8-11(14)9-16(12)10(2)3/h8-10,17H,4-7,14H2,1-3H3. The number of nitrogens with two attached hydrogens (primary N) is 1. The molecule has 0 radical (unpaired) electrons. The molecule has 102 valence electrons. The van der Waals surface area contributed by atoms with Crippen molar-refractivity contribution in [2.24, 2.45) is 0 Å². The maximum Gasteiger partial charge on any atom is 0.270 e. The van der Waals surface area contributed by atoms with Crippen molar-refractivity contribution < 1.29 is 9.90 Å². The van der Waals surface area contributed by atoms with E-state index in [1.165, 1.54) is 0 Å². The smallest absolute Gasteiger partial charge is 0.270 e. The van der Waals surface area contributed by atoms with Gasteiger partial charge >= 0.3 is 0 Å². The maximum absolute atomic E-state index is 12.4. The summed E-state index contributed by atoms with van der Waals surface area (Å²) in [5, 5.41) is 9.02. The number of nitrogen functional groups attached to an aromatic ring is 1. The molecular formula is C13H23N3O2. The molecule has 0 spiro atoms. The number of aliphatic hydroxyl groups excluding tert-OH is 1. The summed E-state index contributed by atoms with van der Waals surface area (Å²) in [6.07, 6.45) is 2.64. The molecular weight excluding hydrogens is 230 g/mol. The highest BCUT2D eigenvalue weighted by atomic mass is 16.3. The summed E-state index contributed by atoms with van der Waals surface area (Å²) in [6.45, 7) is 6.99. The van der Waals surface area contributed by atoms with Gasteiger partial charge in [-0.25, -0.2) is 0 Å². The Kier molecular flexibility index (Phi) is 5.22. The van der Waals surface area contributed by atoms with Crippen molar-refractivity contribution in [3.8, 4) is 0 Å². The zero-order valence-corrected chi connectivity index (χ0v) is 11.4. The minimum Gasteiger partial charge on any atom is -0.397 e. The van der Waals surface area contributed by atoms with Gasteiger partial charge in [-0.2, -0.15) is 0 Å². The molecule has 0 unspecified atom stereocenters. The van der Waals surface area contributed by atoms with Crippen LogP contribution in [0.15, 0.2) is 12.3 Å². The number of hydrogen-bond donors (Lipinski definition) is 2. The molecule has 0 fully saturated rings. The molecule has 18 heavy (non-hydrogen) atoms. The SMILES string of the molecule is CCCN(CCO)C(=O)c1cc(N)cn1C(C)C. The highest BCUT2D eigenvalue weighted by molar-refractivity contribution is 5.94. The number of hydrogen-bond acceptors (Lipinski definition) is 3. The molecule has 5 nitrogen and oxygen atoms in total. The number of nitrogens with zero attached hydrogens (tertiary/aromatic N) is 2. The van der Waals surface area contributed by atoms with E-state index in [4.69, 9.17) is 10.8 Å². The van der Waals surface area contributed by atoms with Crippen molar-refractivity contribution in [1.29, 1.82) is 0 Å². The Morgan fingerprint density at radius 3 is 2.67 bits per heavy atom. The van der Waals surface area contributed by atoms with E-state index >= 15 is 0 Å². The van der Waals surface area contributed by atoms with Crippen LogP contribution in [0.4, 0.5) is 5.69 Å². The first kappa shape index (κ1) is 14.6. The monoisotopic (exact) mass is 253 g/mol. The fourth-order valence-corrected chi connectivity index (χ4v) is 1.97. The zero-order valence-electron chi connectivity index (χ0n) is 11.4. The second-order valence-corrected chi connectivity index (χ2v) is 4.68. The fourth-order valence-electron chi connectivity index (χ4n) is 1.97. The quantitative estimate of drug-likeness (QED) is 0.807. The lowest BCUT2D eigenvalue weighted by molar-refractivity contribution is 0.0709. The molecule has 0 atom stereocenters. The Morgan fingerprint density at radius 1 is 1.50 bits per heavy atom. The predicted octanol–water partition coefficient (Wildman–Crippen LogP) is 1.50. The molecule has 1 amide bonds. The second-order valence-electron chi connectivity index (χ2n) is 4.68. The van der Waals surface area contributed by atoms with Crippen LogP contribution in [-0.2, 0) is 0 Å². The first-order valence-corrected chi connectivity index (χ1v) is 6.38. The van der Waals surface area contributed by atoms with Crippen LogP contribution in [0.5, 0.6) is 0 Å². The third-order valence-corrected chi connectivity index (χ3v) is 2.80. The normalized spacial score (nSPS) is 10.9. The highest BCUT2D eigenvalue weighted by Gasteiger charge is 2.20. The number of anilines is 1.